The fraction of sp³-hybridized carbons (Fsp3) is 0.929. The van der Waals surface area contributed by atoms with Crippen molar-refractivity contribution in [3.8, 4) is 0 Å². The predicted molar refractivity (Wildman–Crippen MR) is 75.2 cm³/mol. The fourth-order valence-electron chi connectivity index (χ4n) is 1.71. The zero-order valence-corrected chi connectivity index (χ0v) is 12.2. The van der Waals surface area contributed by atoms with Gasteiger partial charge >= 0.3 is 5.97 Å². The van der Waals surface area contributed by atoms with Crippen LogP contribution in [-0.4, -0.2) is 24.2 Å². The molecule has 18 heavy (non-hydrogen) atoms. The summed E-state index contributed by atoms with van der Waals surface area (Å²) in [5.74, 6) is -0.286. The topological polar surface area (TPSA) is 78.3 Å². The first kappa shape index (κ1) is 17.4. The molecule has 0 aliphatic rings. The third-order valence-electron chi connectivity index (χ3n) is 2.68. The summed E-state index contributed by atoms with van der Waals surface area (Å²) >= 11 is 0. The smallest absolute Gasteiger partial charge is 0.323 e. The van der Waals surface area contributed by atoms with Crippen LogP contribution >= 0.6 is 0 Å². The lowest BCUT2D eigenvalue weighted by Gasteiger charge is -2.22. The summed E-state index contributed by atoms with van der Waals surface area (Å²) in [5.41, 5.74) is 10.8. The van der Waals surface area contributed by atoms with Crippen molar-refractivity contribution in [1.29, 1.82) is 0 Å². The first-order chi connectivity index (χ1) is 8.37. The Morgan fingerprint density at radius 1 is 1.06 bits per heavy atom. The molecule has 0 radical (unpaired) electrons. The van der Waals surface area contributed by atoms with E-state index in [1.165, 1.54) is 19.3 Å². The standard InChI is InChI=1S/C14H30N2O2/c1-14(2,3)18-13(17)12(16)10-8-6-4-5-7-9-11-15/h12H,4-11,15-16H2,1-3H3. The molecule has 4 nitrogen and oxygen atoms in total. The Hall–Kier alpha value is -0.610. The van der Waals surface area contributed by atoms with E-state index in [0.29, 0.717) is 6.42 Å². The maximum absolute atomic E-state index is 11.6. The van der Waals surface area contributed by atoms with Gasteiger partial charge in [-0.05, 0) is 40.2 Å². The molecule has 0 aromatic heterocycles. The van der Waals surface area contributed by atoms with Crippen LogP contribution in [0.25, 0.3) is 0 Å². The molecule has 0 aromatic carbocycles. The first-order valence-corrected chi connectivity index (χ1v) is 7.05. The number of esters is 1. The van der Waals surface area contributed by atoms with Crippen molar-refractivity contribution < 1.29 is 9.53 Å². The molecule has 1 atom stereocenters. The van der Waals surface area contributed by atoms with Crippen molar-refractivity contribution in [3.05, 3.63) is 0 Å². The van der Waals surface area contributed by atoms with Crippen molar-refractivity contribution in [3.63, 3.8) is 0 Å². The van der Waals surface area contributed by atoms with Crippen molar-refractivity contribution in [1.82, 2.24) is 0 Å². The third kappa shape index (κ3) is 10.5. The quantitative estimate of drug-likeness (QED) is 0.491. The summed E-state index contributed by atoms with van der Waals surface area (Å²) in [6, 6.07) is -0.478. The Kier molecular flexibility index (Phi) is 9.02. The molecule has 1 unspecified atom stereocenters. The van der Waals surface area contributed by atoms with Gasteiger partial charge in [0.25, 0.3) is 0 Å². The van der Waals surface area contributed by atoms with E-state index in [0.717, 1.165) is 25.8 Å². The lowest BCUT2D eigenvalue weighted by molar-refractivity contribution is -0.156. The van der Waals surface area contributed by atoms with Crippen LogP contribution < -0.4 is 11.5 Å². The number of unbranched alkanes of at least 4 members (excludes halogenated alkanes) is 5. The highest BCUT2D eigenvalue weighted by Crippen LogP contribution is 2.12. The Balaban J connectivity index is 3.52. The monoisotopic (exact) mass is 258 g/mol. The van der Waals surface area contributed by atoms with E-state index >= 15 is 0 Å². The Morgan fingerprint density at radius 2 is 1.56 bits per heavy atom. The van der Waals surface area contributed by atoms with E-state index in [-0.39, 0.29) is 5.97 Å². The second-order valence-corrected chi connectivity index (χ2v) is 5.84. The van der Waals surface area contributed by atoms with Gasteiger partial charge < -0.3 is 16.2 Å². The molecular weight excluding hydrogens is 228 g/mol. The molecule has 0 aliphatic heterocycles. The lowest BCUT2D eigenvalue weighted by atomic mass is 10.1. The number of carbonyl (C=O) groups is 1. The van der Waals surface area contributed by atoms with Gasteiger partial charge in [-0.2, -0.15) is 0 Å². The second kappa shape index (κ2) is 9.34. The summed E-state index contributed by atoms with van der Waals surface area (Å²) in [6.07, 6.45) is 7.56. The van der Waals surface area contributed by atoms with E-state index in [1.807, 2.05) is 20.8 Å². The number of rotatable bonds is 9. The Labute approximate surface area is 111 Å². The lowest BCUT2D eigenvalue weighted by Crippen LogP contribution is -2.37. The number of carbonyl (C=O) groups excluding carboxylic acids is 1. The van der Waals surface area contributed by atoms with E-state index in [9.17, 15) is 4.79 Å². The van der Waals surface area contributed by atoms with Crippen LogP contribution in [0, 0.1) is 0 Å². The normalized spacial score (nSPS) is 13.4. The van der Waals surface area contributed by atoms with Crippen LogP contribution in [0.5, 0.6) is 0 Å². The predicted octanol–water partition coefficient (Wildman–Crippen LogP) is 2.34. The van der Waals surface area contributed by atoms with Crippen LogP contribution in [0.2, 0.25) is 0 Å². The number of hydrogen-bond donors (Lipinski definition) is 2. The van der Waals surface area contributed by atoms with Gasteiger partial charge in [0, 0.05) is 0 Å². The van der Waals surface area contributed by atoms with E-state index in [2.05, 4.69) is 0 Å². The molecule has 4 heteroatoms. The summed E-state index contributed by atoms with van der Waals surface area (Å²) in [7, 11) is 0. The zero-order valence-electron chi connectivity index (χ0n) is 12.2. The van der Waals surface area contributed by atoms with Crippen LogP contribution in [0.3, 0.4) is 0 Å². The van der Waals surface area contributed by atoms with Crippen LogP contribution in [0.1, 0.15) is 65.7 Å². The molecule has 0 saturated heterocycles. The van der Waals surface area contributed by atoms with Gasteiger partial charge in [0.2, 0.25) is 0 Å². The zero-order chi connectivity index (χ0) is 14.0. The van der Waals surface area contributed by atoms with Crippen molar-refractivity contribution in [2.75, 3.05) is 6.54 Å². The summed E-state index contributed by atoms with van der Waals surface area (Å²) in [4.78, 5) is 11.6. The van der Waals surface area contributed by atoms with Crippen molar-refractivity contribution in [2.45, 2.75) is 77.4 Å². The molecule has 0 amide bonds. The van der Waals surface area contributed by atoms with Crippen LogP contribution in [-0.2, 0) is 9.53 Å². The minimum Gasteiger partial charge on any atom is -0.459 e. The molecule has 0 rings (SSSR count). The van der Waals surface area contributed by atoms with Gasteiger partial charge in [-0.15, -0.1) is 0 Å². The van der Waals surface area contributed by atoms with Gasteiger partial charge in [-0.3, -0.25) is 4.79 Å². The average molecular weight is 258 g/mol. The Bertz CT molecular complexity index is 224. The third-order valence-corrected chi connectivity index (χ3v) is 2.68. The molecule has 108 valence electrons. The molecule has 0 fully saturated rings. The van der Waals surface area contributed by atoms with Crippen molar-refractivity contribution >= 4 is 5.97 Å². The highest BCUT2D eigenvalue weighted by molar-refractivity contribution is 5.75. The SMILES string of the molecule is CC(C)(C)OC(=O)C(N)CCCCCCCCN. The maximum Gasteiger partial charge on any atom is 0.323 e. The van der Waals surface area contributed by atoms with E-state index < -0.39 is 11.6 Å². The molecular formula is C14H30N2O2. The minimum atomic E-state index is -0.478. The molecule has 0 bridgehead atoms. The summed E-state index contributed by atoms with van der Waals surface area (Å²) < 4.78 is 5.23. The van der Waals surface area contributed by atoms with Gasteiger partial charge in [-0.25, -0.2) is 0 Å². The van der Waals surface area contributed by atoms with Gasteiger partial charge in [0.1, 0.15) is 11.6 Å². The van der Waals surface area contributed by atoms with E-state index in [1.54, 1.807) is 0 Å². The minimum absolute atomic E-state index is 0.286. The molecule has 4 N–H and O–H groups in total. The second-order valence-electron chi connectivity index (χ2n) is 5.84. The highest BCUT2D eigenvalue weighted by Gasteiger charge is 2.21. The highest BCUT2D eigenvalue weighted by atomic mass is 16.6. The Morgan fingerprint density at radius 3 is 2.06 bits per heavy atom. The number of hydrogen-bond acceptors (Lipinski definition) is 4. The summed E-state index contributed by atoms with van der Waals surface area (Å²) in [6.45, 7) is 6.35. The maximum atomic E-state index is 11.6. The molecule has 0 aliphatic carbocycles. The fourth-order valence-corrected chi connectivity index (χ4v) is 1.71. The summed E-state index contributed by atoms with van der Waals surface area (Å²) in [5, 5.41) is 0. The van der Waals surface area contributed by atoms with Gasteiger partial charge in [0.15, 0.2) is 0 Å². The molecule has 0 spiro atoms. The first-order valence-electron chi connectivity index (χ1n) is 7.05. The molecule has 0 aromatic rings. The van der Waals surface area contributed by atoms with Crippen molar-refractivity contribution in [2.24, 2.45) is 11.5 Å². The van der Waals surface area contributed by atoms with Crippen LogP contribution in [0.15, 0.2) is 0 Å². The average Bonchev–Trinajstić information content (AvgIpc) is 2.25. The largest absolute Gasteiger partial charge is 0.459 e. The van der Waals surface area contributed by atoms with Gasteiger partial charge in [-0.1, -0.05) is 32.1 Å². The van der Waals surface area contributed by atoms with Gasteiger partial charge in [0.05, 0.1) is 0 Å². The molecule has 0 heterocycles. The number of nitrogens with two attached hydrogens (primary N) is 2. The molecule has 0 saturated carbocycles. The van der Waals surface area contributed by atoms with E-state index in [4.69, 9.17) is 16.2 Å². The number of ether oxygens (including phenoxy) is 1. The van der Waals surface area contributed by atoms with Crippen LogP contribution in [0.4, 0.5) is 0 Å².